The third-order valence-electron chi connectivity index (χ3n) is 4.36. The fourth-order valence-corrected chi connectivity index (χ4v) is 3.14. The normalized spacial score (nSPS) is 16.4. The Bertz CT molecular complexity index is 664. The summed E-state index contributed by atoms with van der Waals surface area (Å²) in [6, 6.07) is 2.38. The van der Waals surface area contributed by atoms with Crippen LogP contribution in [-0.4, -0.2) is 48.9 Å². The molecule has 0 bridgehead atoms. The van der Waals surface area contributed by atoms with Gasteiger partial charge in [0.15, 0.2) is 5.11 Å². The van der Waals surface area contributed by atoms with E-state index in [-0.39, 0.29) is 17.9 Å². The number of pyridine rings is 1. The van der Waals surface area contributed by atoms with Gasteiger partial charge in [-0.15, -0.1) is 0 Å². The highest BCUT2D eigenvalue weighted by Gasteiger charge is 2.31. The van der Waals surface area contributed by atoms with Crippen molar-refractivity contribution < 1.29 is 22.7 Å². The van der Waals surface area contributed by atoms with Gasteiger partial charge in [0, 0.05) is 38.4 Å². The molecule has 28 heavy (non-hydrogen) atoms. The van der Waals surface area contributed by atoms with Crippen LogP contribution in [0.15, 0.2) is 18.3 Å². The van der Waals surface area contributed by atoms with Crippen molar-refractivity contribution in [3.05, 3.63) is 23.9 Å². The highest BCUT2D eigenvalue weighted by atomic mass is 32.1. The smallest absolute Gasteiger partial charge is 0.383 e. The van der Waals surface area contributed by atoms with Crippen molar-refractivity contribution in [1.29, 1.82) is 0 Å². The first-order chi connectivity index (χ1) is 13.2. The van der Waals surface area contributed by atoms with Gasteiger partial charge in [-0.2, -0.15) is 13.2 Å². The quantitative estimate of drug-likeness (QED) is 0.497. The number of carbonyl (C=O) groups is 1. The van der Waals surface area contributed by atoms with Gasteiger partial charge >= 0.3 is 6.18 Å². The number of hydrazine groups is 1. The van der Waals surface area contributed by atoms with E-state index < -0.39 is 11.7 Å². The molecule has 0 saturated carbocycles. The zero-order chi connectivity index (χ0) is 20.7. The summed E-state index contributed by atoms with van der Waals surface area (Å²) in [6.45, 7) is 3.44. The minimum Gasteiger partial charge on any atom is -0.383 e. The molecule has 11 heteroatoms. The van der Waals surface area contributed by atoms with Crippen LogP contribution in [0, 0.1) is 5.92 Å². The summed E-state index contributed by atoms with van der Waals surface area (Å²) >= 11 is 5.09. The Hall–Kier alpha value is -2.14. The molecule has 1 fully saturated rings. The molecule has 1 aliphatic heterocycles. The van der Waals surface area contributed by atoms with E-state index in [9.17, 15) is 18.0 Å². The fraction of sp³-hybridized carbons (Fsp3) is 0.588. The molecule has 2 rings (SSSR count). The van der Waals surface area contributed by atoms with Gasteiger partial charge in [-0.1, -0.05) is 0 Å². The lowest BCUT2D eigenvalue weighted by Gasteiger charge is -2.32. The van der Waals surface area contributed by atoms with Crippen molar-refractivity contribution in [1.82, 2.24) is 21.2 Å². The van der Waals surface area contributed by atoms with Crippen molar-refractivity contribution in [2.45, 2.75) is 32.0 Å². The molecular weight excluding hydrogens is 395 g/mol. The molecule has 0 radical (unpaired) electrons. The maximum Gasteiger partial charge on any atom is 0.417 e. The van der Waals surface area contributed by atoms with Crippen molar-refractivity contribution >= 4 is 29.1 Å². The van der Waals surface area contributed by atoms with Crippen molar-refractivity contribution in [3.63, 3.8) is 0 Å². The third-order valence-corrected chi connectivity index (χ3v) is 4.58. The Morgan fingerprint density at radius 1 is 1.36 bits per heavy atom. The van der Waals surface area contributed by atoms with Gasteiger partial charge < -0.3 is 15.0 Å². The third kappa shape index (κ3) is 6.48. The van der Waals surface area contributed by atoms with Crippen molar-refractivity contribution in [2.24, 2.45) is 5.92 Å². The summed E-state index contributed by atoms with van der Waals surface area (Å²) in [5, 5.41) is 3.26. The number of piperidine rings is 1. The number of thiocarbonyl (C=S) groups is 1. The van der Waals surface area contributed by atoms with E-state index >= 15 is 0 Å². The average Bonchev–Trinajstić information content (AvgIpc) is 2.66. The number of nitrogens with one attached hydrogen (secondary N) is 3. The monoisotopic (exact) mass is 419 g/mol. The molecule has 1 aliphatic rings. The van der Waals surface area contributed by atoms with Crippen LogP contribution in [0.5, 0.6) is 0 Å². The van der Waals surface area contributed by atoms with E-state index in [1.54, 1.807) is 7.11 Å². The highest BCUT2D eigenvalue weighted by molar-refractivity contribution is 7.80. The van der Waals surface area contributed by atoms with Crippen LogP contribution in [-0.2, 0) is 15.7 Å². The second-order valence-corrected chi connectivity index (χ2v) is 7.02. The van der Waals surface area contributed by atoms with Crippen LogP contribution in [0.1, 0.15) is 25.3 Å². The first-order valence-electron chi connectivity index (χ1n) is 8.84. The van der Waals surface area contributed by atoms with E-state index in [2.05, 4.69) is 21.2 Å². The zero-order valence-electron chi connectivity index (χ0n) is 15.7. The van der Waals surface area contributed by atoms with Gasteiger partial charge in [0.05, 0.1) is 12.2 Å². The van der Waals surface area contributed by atoms with Gasteiger partial charge in [0.1, 0.15) is 5.82 Å². The van der Waals surface area contributed by atoms with Gasteiger partial charge in [-0.25, -0.2) is 4.98 Å². The Labute approximate surface area is 167 Å². The number of rotatable bonds is 5. The molecule has 0 aromatic carbocycles. The van der Waals surface area contributed by atoms with Gasteiger partial charge in [-0.3, -0.25) is 15.6 Å². The summed E-state index contributed by atoms with van der Waals surface area (Å²) in [5.41, 5.74) is 4.47. The van der Waals surface area contributed by atoms with E-state index in [4.69, 9.17) is 17.0 Å². The topological polar surface area (TPSA) is 78.5 Å². The molecule has 0 unspecified atom stereocenters. The summed E-state index contributed by atoms with van der Waals surface area (Å²) in [5.74, 6) is 0.0865. The summed E-state index contributed by atoms with van der Waals surface area (Å²) < 4.78 is 42.8. The number of amides is 1. The molecule has 0 aliphatic carbocycles. The number of methoxy groups -OCH3 is 1. The van der Waals surface area contributed by atoms with Crippen LogP contribution in [0.4, 0.5) is 19.0 Å². The number of alkyl halides is 3. The number of carbonyl (C=O) groups excluding carboxylic acids is 1. The van der Waals surface area contributed by atoms with E-state index in [0.29, 0.717) is 43.5 Å². The maximum atomic E-state index is 12.6. The first-order valence-corrected chi connectivity index (χ1v) is 9.25. The Morgan fingerprint density at radius 3 is 2.57 bits per heavy atom. The molecule has 3 N–H and O–H groups in total. The second kappa shape index (κ2) is 9.87. The Morgan fingerprint density at radius 2 is 2.04 bits per heavy atom. The van der Waals surface area contributed by atoms with Crippen LogP contribution in [0.2, 0.25) is 0 Å². The zero-order valence-corrected chi connectivity index (χ0v) is 16.5. The molecule has 1 aromatic rings. The van der Waals surface area contributed by atoms with E-state index in [1.165, 1.54) is 6.07 Å². The SMILES string of the molecule is COC[C@@H](C)NC(=S)NNC(=O)C1CCN(c2ccc(C(F)(F)F)cn2)CC1. The van der Waals surface area contributed by atoms with Crippen molar-refractivity contribution in [3.8, 4) is 0 Å². The number of halogens is 3. The van der Waals surface area contributed by atoms with E-state index in [0.717, 1.165) is 12.3 Å². The second-order valence-electron chi connectivity index (χ2n) is 6.61. The van der Waals surface area contributed by atoms with Crippen LogP contribution in [0.3, 0.4) is 0 Å². The van der Waals surface area contributed by atoms with Crippen LogP contribution >= 0.6 is 12.2 Å². The minimum absolute atomic E-state index is 0.00127. The summed E-state index contributed by atoms with van der Waals surface area (Å²) in [6.07, 6.45) is -2.44. The largest absolute Gasteiger partial charge is 0.417 e. The molecule has 7 nitrogen and oxygen atoms in total. The standard InChI is InChI=1S/C17H24F3N5O2S/c1-11(10-27-2)22-16(28)24-23-15(26)12-5-7-25(8-6-12)14-4-3-13(9-21-14)17(18,19)20/h3-4,9,11-12H,5-8,10H2,1-2H3,(H,23,26)(H2,22,24,28)/t11-/m1/s1. The van der Waals surface area contributed by atoms with Crippen LogP contribution < -0.4 is 21.1 Å². The predicted molar refractivity (Wildman–Crippen MR) is 103 cm³/mol. The maximum absolute atomic E-state index is 12.6. The average molecular weight is 419 g/mol. The molecule has 1 atom stereocenters. The fourth-order valence-electron chi connectivity index (χ4n) is 2.88. The number of ether oxygens (including phenoxy) is 1. The lowest BCUT2D eigenvalue weighted by atomic mass is 9.96. The van der Waals surface area contributed by atoms with E-state index in [1.807, 2.05) is 11.8 Å². The number of hydrogen-bond acceptors (Lipinski definition) is 5. The lowest BCUT2D eigenvalue weighted by Crippen LogP contribution is -2.52. The Kier molecular flexibility index (Phi) is 7.81. The van der Waals surface area contributed by atoms with Crippen LogP contribution in [0.25, 0.3) is 0 Å². The van der Waals surface area contributed by atoms with Gasteiger partial charge in [0.2, 0.25) is 5.91 Å². The molecular formula is C17H24F3N5O2S. The molecule has 0 spiro atoms. The number of aromatic nitrogens is 1. The predicted octanol–water partition coefficient (Wildman–Crippen LogP) is 1.85. The summed E-state index contributed by atoms with van der Waals surface area (Å²) in [4.78, 5) is 18.0. The molecule has 156 valence electrons. The molecule has 1 aromatic heterocycles. The summed E-state index contributed by atoms with van der Waals surface area (Å²) in [7, 11) is 1.59. The molecule has 1 saturated heterocycles. The molecule has 2 heterocycles. The highest BCUT2D eigenvalue weighted by Crippen LogP contribution is 2.30. The van der Waals surface area contributed by atoms with Crippen molar-refractivity contribution in [2.75, 3.05) is 31.7 Å². The van der Waals surface area contributed by atoms with Gasteiger partial charge in [-0.05, 0) is 44.1 Å². The lowest BCUT2D eigenvalue weighted by molar-refractivity contribution is -0.137. The minimum atomic E-state index is -4.40. The Balaban J connectivity index is 1.77. The first kappa shape index (κ1) is 22.2. The van der Waals surface area contributed by atoms with Gasteiger partial charge in [0.25, 0.3) is 0 Å². The number of nitrogens with zero attached hydrogens (tertiary/aromatic N) is 2. The number of anilines is 1. The number of hydrogen-bond donors (Lipinski definition) is 3. The molecule has 1 amide bonds.